The van der Waals surface area contributed by atoms with E-state index >= 15 is 0 Å². The number of amides is 2. The van der Waals surface area contributed by atoms with Crippen LogP contribution in [0.2, 0.25) is 0 Å². The van der Waals surface area contributed by atoms with Crippen LogP contribution >= 0.6 is 0 Å². The number of carbonyl (C=O) groups excluding carboxylic acids is 2. The van der Waals surface area contributed by atoms with E-state index in [0.29, 0.717) is 24.4 Å². The third kappa shape index (κ3) is 4.58. The second-order valence-corrected chi connectivity index (χ2v) is 6.85. The molecule has 0 bridgehead atoms. The first-order chi connectivity index (χ1) is 12.2. The molecule has 0 aromatic heterocycles. The summed E-state index contributed by atoms with van der Waals surface area (Å²) < 4.78 is 0. The number of nitrogens with zero attached hydrogens (tertiary/aromatic N) is 2. The molecule has 136 valence electrons. The third-order valence-electron chi connectivity index (χ3n) is 5.23. The average molecular weight is 344 g/mol. The van der Waals surface area contributed by atoms with Crippen molar-refractivity contribution in [1.82, 2.24) is 20.4 Å². The van der Waals surface area contributed by atoms with Gasteiger partial charge in [0, 0.05) is 64.3 Å². The molecule has 0 saturated carbocycles. The average Bonchev–Trinajstić information content (AvgIpc) is 3.17. The van der Waals surface area contributed by atoms with Crippen molar-refractivity contribution in [2.75, 3.05) is 46.3 Å². The van der Waals surface area contributed by atoms with Crippen molar-refractivity contribution in [3.63, 3.8) is 0 Å². The van der Waals surface area contributed by atoms with Gasteiger partial charge in [0.25, 0.3) is 5.91 Å². The Morgan fingerprint density at radius 1 is 1.24 bits per heavy atom. The maximum atomic E-state index is 12.5. The van der Waals surface area contributed by atoms with Crippen LogP contribution < -0.4 is 10.6 Å². The largest absolute Gasteiger partial charge is 0.355 e. The Labute approximate surface area is 149 Å². The van der Waals surface area contributed by atoms with Gasteiger partial charge in [0.15, 0.2) is 0 Å². The van der Waals surface area contributed by atoms with Crippen molar-refractivity contribution >= 4 is 11.8 Å². The van der Waals surface area contributed by atoms with Crippen molar-refractivity contribution in [2.45, 2.75) is 25.3 Å². The summed E-state index contributed by atoms with van der Waals surface area (Å²) in [6.07, 6.45) is 2.27. The molecule has 2 aliphatic heterocycles. The topological polar surface area (TPSA) is 64.7 Å². The van der Waals surface area contributed by atoms with E-state index in [4.69, 9.17) is 0 Å². The van der Waals surface area contributed by atoms with Crippen molar-refractivity contribution < 1.29 is 9.59 Å². The maximum absolute atomic E-state index is 12.5. The van der Waals surface area contributed by atoms with E-state index in [1.807, 2.05) is 23.1 Å². The highest BCUT2D eigenvalue weighted by molar-refractivity contribution is 5.94. The van der Waals surface area contributed by atoms with Crippen LogP contribution in [-0.4, -0.2) is 74.0 Å². The summed E-state index contributed by atoms with van der Waals surface area (Å²) in [5, 5.41) is 6.01. The van der Waals surface area contributed by atoms with Crippen LogP contribution in [0.3, 0.4) is 0 Å². The second kappa shape index (κ2) is 8.45. The number of rotatable bonds is 5. The maximum Gasteiger partial charge on any atom is 0.251 e. The number of benzene rings is 1. The van der Waals surface area contributed by atoms with E-state index in [0.717, 1.165) is 51.3 Å². The van der Waals surface area contributed by atoms with Crippen molar-refractivity contribution in [1.29, 1.82) is 0 Å². The predicted octanol–water partition coefficient (Wildman–Crippen LogP) is 0.485. The van der Waals surface area contributed by atoms with Crippen LogP contribution in [0.4, 0.5) is 0 Å². The zero-order valence-corrected chi connectivity index (χ0v) is 15.0. The summed E-state index contributed by atoms with van der Waals surface area (Å²) >= 11 is 0. The van der Waals surface area contributed by atoms with Gasteiger partial charge in [0.1, 0.15) is 0 Å². The molecule has 1 aromatic carbocycles. The molecule has 2 saturated heterocycles. The van der Waals surface area contributed by atoms with Gasteiger partial charge < -0.3 is 15.5 Å². The molecule has 1 aromatic rings. The van der Waals surface area contributed by atoms with E-state index in [1.54, 1.807) is 13.1 Å². The number of piperazine rings is 1. The number of hydrogen-bond donors (Lipinski definition) is 2. The lowest BCUT2D eigenvalue weighted by Gasteiger charge is -2.32. The van der Waals surface area contributed by atoms with Crippen molar-refractivity contribution in [2.24, 2.45) is 0 Å². The molecule has 3 rings (SSSR count). The van der Waals surface area contributed by atoms with E-state index in [9.17, 15) is 9.59 Å². The summed E-state index contributed by atoms with van der Waals surface area (Å²) in [5.74, 6) is 0.134. The smallest absolute Gasteiger partial charge is 0.251 e. The molecule has 0 aliphatic carbocycles. The summed E-state index contributed by atoms with van der Waals surface area (Å²) in [6.45, 7) is 5.99. The Hall–Kier alpha value is -1.92. The van der Waals surface area contributed by atoms with Crippen LogP contribution in [0.1, 0.15) is 28.8 Å². The fraction of sp³-hybridized carbons (Fsp3) is 0.579. The van der Waals surface area contributed by atoms with Gasteiger partial charge in [-0.1, -0.05) is 12.1 Å². The molecule has 2 N–H and O–H groups in total. The molecule has 2 aliphatic rings. The highest BCUT2D eigenvalue weighted by atomic mass is 16.2. The molecule has 25 heavy (non-hydrogen) atoms. The molecule has 0 radical (unpaired) electrons. The lowest BCUT2D eigenvalue weighted by molar-refractivity contribution is -0.130. The van der Waals surface area contributed by atoms with E-state index in [2.05, 4.69) is 15.5 Å². The Kier molecular flexibility index (Phi) is 6.04. The molecule has 1 unspecified atom stereocenters. The molecule has 2 amide bonds. The standard InChI is InChI=1S/C19H28N4O2/c1-20-19(25)16-4-2-3-15(13-16)5-6-18(24)23-10-7-17(14-23)22-11-8-21-9-12-22/h2-4,13,17,21H,5-12,14H2,1H3,(H,20,25). The molecular formula is C19H28N4O2. The first-order valence-corrected chi connectivity index (χ1v) is 9.21. The van der Waals surface area contributed by atoms with Crippen LogP contribution in [0.5, 0.6) is 0 Å². The third-order valence-corrected chi connectivity index (χ3v) is 5.23. The van der Waals surface area contributed by atoms with E-state index in [-0.39, 0.29) is 11.8 Å². The fourth-order valence-electron chi connectivity index (χ4n) is 3.74. The second-order valence-electron chi connectivity index (χ2n) is 6.85. The fourth-order valence-corrected chi connectivity index (χ4v) is 3.74. The van der Waals surface area contributed by atoms with Gasteiger partial charge in [0.05, 0.1) is 0 Å². The molecular weight excluding hydrogens is 316 g/mol. The number of carbonyl (C=O) groups is 2. The monoisotopic (exact) mass is 344 g/mol. The summed E-state index contributed by atoms with van der Waals surface area (Å²) in [6, 6.07) is 8.04. The van der Waals surface area contributed by atoms with Gasteiger partial charge >= 0.3 is 0 Å². The van der Waals surface area contributed by atoms with Gasteiger partial charge in [-0.15, -0.1) is 0 Å². The Morgan fingerprint density at radius 3 is 2.80 bits per heavy atom. The van der Waals surface area contributed by atoms with Gasteiger partial charge in [-0.25, -0.2) is 0 Å². The Bertz CT molecular complexity index is 613. The van der Waals surface area contributed by atoms with Crippen LogP contribution in [0, 0.1) is 0 Å². The molecule has 2 heterocycles. The summed E-state index contributed by atoms with van der Waals surface area (Å²) in [7, 11) is 1.63. The normalized spacial score (nSPS) is 21.3. The zero-order chi connectivity index (χ0) is 17.6. The minimum atomic E-state index is -0.0911. The molecule has 6 nitrogen and oxygen atoms in total. The SMILES string of the molecule is CNC(=O)c1cccc(CCC(=O)N2CCC(N3CCNCC3)C2)c1. The lowest BCUT2D eigenvalue weighted by Crippen LogP contribution is -2.49. The van der Waals surface area contributed by atoms with Gasteiger partial charge in [-0.3, -0.25) is 14.5 Å². The Balaban J connectivity index is 1.49. The first kappa shape index (κ1) is 17.9. The van der Waals surface area contributed by atoms with E-state index < -0.39 is 0 Å². The number of hydrogen-bond acceptors (Lipinski definition) is 4. The molecule has 2 fully saturated rings. The minimum Gasteiger partial charge on any atom is -0.355 e. The highest BCUT2D eigenvalue weighted by Gasteiger charge is 2.30. The highest BCUT2D eigenvalue weighted by Crippen LogP contribution is 2.18. The quantitative estimate of drug-likeness (QED) is 0.816. The predicted molar refractivity (Wildman–Crippen MR) is 97.6 cm³/mol. The van der Waals surface area contributed by atoms with Gasteiger partial charge in [-0.2, -0.15) is 0 Å². The van der Waals surface area contributed by atoms with Crippen molar-refractivity contribution in [3.8, 4) is 0 Å². The number of likely N-dealkylation sites (tertiary alicyclic amines) is 1. The lowest BCUT2D eigenvalue weighted by atomic mass is 10.1. The van der Waals surface area contributed by atoms with Crippen LogP contribution in [-0.2, 0) is 11.2 Å². The number of aryl methyl sites for hydroxylation is 1. The first-order valence-electron chi connectivity index (χ1n) is 9.21. The van der Waals surface area contributed by atoms with Gasteiger partial charge in [0.2, 0.25) is 5.91 Å². The molecule has 1 atom stereocenters. The minimum absolute atomic E-state index is 0.0911. The zero-order valence-electron chi connectivity index (χ0n) is 15.0. The molecule has 6 heteroatoms. The molecule has 0 spiro atoms. The van der Waals surface area contributed by atoms with Crippen LogP contribution in [0.25, 0.3) is 0 Å². The number of nitrogens with one attached hydrogen (secondary N) is 2. The van der Waals surface area contributed by atoms with Gasteiger partial charge in [-0.05, 0) is 30.5 Å². The summed E-state index contributed by atoms with van der Waals surface area (Å²) in [4.78, 5) is 28.8. The van der Waals surface area contributed by atoms with E-state index in [1.165, 1.54) is 0 Å². The Morgan fingerprint density at radius 2 is 2.04 bits per heavy atom. The van der Waals surface area contributed by atoms with Crippen LogP contribution in [0.15, 0.2) is 24.3 Å². The van der Waals surface area contributed by atoms with Crippen molar-refractivity contribution in [3.05, 3.63) is 35.4 Å². The summed E-state index contributed by atoms with van der Waals surface area (Å²) in [5.41, 5.74) is 1.68.